The number of non-ortho nitro benzene ring substituents is 1. The molecule has 0 fully saturated rings. The van der Waals surface area contributed by atoms with E-state index in [2.05, 4.69) is 30.5 Å². The summed E-state index contributed by atoms with van der Waals surface area (Å²) in [7, 11) is -4.41. The zero-order chi connectivity index (χ0) is 32.5. The monoisotopic (exact) mass is 632 g/mol. The lowest BCUT2D eigenvalue weighted by Crippen LogP contribution is -2.12. The number of benzene rings is 2. The standard InChI is InChI=1S/C28H28N10O6S/c1-17-14-21(45(41,42)43)11-12-22(17)36-26(18(15-29)16-30-36)33-32-24-25(28(2,3)4)35-37-27(24)31-23(34-37)6-5-13-44-20-9-7-19(8-10-20)38(39)40/h7-12,14,16,35H,5-6,13H2,1-4H3,(H,41,42,43). The molecule has 45 heavy (non-hydrogen) atoms. The van der Waals surface area contributed by atoms with Crippen molar-refractivity contribution in [3.8, 4) is 17.5 Å². The van der Waals surface area contributed by atoms with Gasteiger partial charge in [0.05, 0.1) is 34.0 Å². The van der Waals surface area contributed by atoms with Crippen LogP contribution in [0.2, 0.25) is 0 Å². The summed E-state index contributed by atoms with van der Waals surface area (Å²) in [6, 6.07) is 11.9. The highest BCUT2D eigenvalue weighted by molar-refractivity contribution is 7.85. The van der Waals surface area contributed by atoms with E-state index in [1.54, 1.807) is 19.1 Å². The number of nitrogens with one attached hydrogen (secondary N) is 1. The minimum absolute atomic E-state index is 0.0139. The predicted octanol–water partition coefficient (Wildman–Crippen LogP) is 5.30. The number of nitriles is 1. The highest BCUT2D eigenvalue weighted by atomic mass is 32.2. The van der Waals surface area contributed by atoms with Crippen molar-refractivity contribution in [1.82, 2.24) is 29.6 Å². The summed E-state index contributed by atoms with van der Waals surface area (Å²) in [5.41, 5.74) is 2.16. The van der Waals surface area contributed by atoms with Crippen molar-refractivity contribution in [2.45, 2.75) is 50.8 Å². The number of nitro benzene ring substituents is 1. The van der Waals surface area contributed by atoms with Gasteiger partial charge in [-0.15, -0.1) is 15.3 Å². The van der Waals surface area contributed by atoms with Crippen molar-refractivity contribution in [2.24, 2.45) is 10.2 Å². The summed E-state index contributed by atoms with van der Waals surface area (Å²) in [5, 5.41) is 41.5. The fourth-order valence-corrected chi connectivity index (χ4v) is 5.05. The first-order chi connectivity index (χ1) is 21.3. The molecule has 0 saturated carbocycles. The number of rotatable bonds is 10. The Labute approximate surface area is 256 Å². The van der Waals surface area contributed by atoms with Gasteiger partial charge in [0.2, 0.25) is 5.65 Å². The Morgan fingerprint density at radius 1 is 1.18 bits per heavy atom. The molecule has 5 aromatic rings. The Morgan fingerprint density at radius 3 is 2.53 bits per heavy atom. The smallest absolute Gasteiger partial charge is 0.294 e. The molecule has 2 N–H and O–H groups in total. The van der Waals surface area contributed by atoms with Crippen LogP contribution in [0.25, 0.3) is 11.3 Å². The number of aryl methyl sites for hydroxylation is 2. The number of nitro groups is 1. The number of hydrogen-bond donors (Lipinski definition) is 2. The highest BCUT2D eigenvalue weighted by Gasteiger charge is 2.26. The van der Waals surface area contributed by atoms with Crippen molar-refractivity contribution < 1.29 is 22.6 Å². The maximum atomic E-state index is 11.6. The molecule has 0 atom stereocenters. The average molecular weight is 633 g/mol. The van der Waals surface area contributed by atoms with Crippen LogP contribution in [0.4, 0.5) is 17.2 Å². The van der Waals surface area contributed by atoms with Gasteiger partial charge >= 0.3 is 0 Å². The van der Waals surface area contributed by atoms with E-state index in [1.165, 1.54) is 45.8 Å². The third-order valence-corrected chi connectivity index (χ3v) is 7.58. The molecule has 0 aliphatic heterocycles. The van der Waals surface area contributed by atoms with E-state index in [9.17, 15) is 28.3 Å². The Bertz CT molecular complexity index is 2080. The van der Waals surface area contributed by atoms with Crippen molar-refractivity contribution in [3.63, 3.8) is 0 Å². The molecular formula is C28H28N10O6S. The SMILES string of the molecule is Cc1cc(S(=O)(=O)O)ccc1-n1ncc(C#N)c1N=Nc1c(C(C)(C)C)[nH]n2nc(CCCOc3ccc([N+](=O)[O-])cc3)nc12. The molecule has 232 valence electrons. The summed E-state index contributed by atoms with van der Waals surface area (Å²) in [5.74, 6) is 1.16. The molecular weight excluding hydrogens is 604 g/mol. The molecule has 17 heteroatoms. The summed E-state index contributed by atoms with van der Waals surface area (Å²) >= 11 is 0. The van der Waals surface area contributed by atoms with Crippen LogP contribution < -0.4 is 4.74 Å². The Balaban J connectivity index is 1.41. The lowest BCUT2D eigenvalue weighted by atomic mass is 9.91. The zero-order valence-corrected chi connectivity index (χ0v) is 25.5. The van der Waals surface area contributed by atoms with Crippen LogP contribution in [0.15, 0.2) is 63.8 Å². The third-order valence-electron chi connectivity index (χ3n) is 6.73. The number of ether oxygens (including phenoxy) is 1. The lowest BCUT2D eigenvalue weighted by molar-refractivity contribution is -0.384. The van der Waals surface area contributed by atoms with Gasteiger partial charge in [-0.1, -0.05) is 20.8 Å². The molecule has 0 saturated heterocycles. The molecule has 2 aromatic carbocycles. The second-order valence-electron chi connectivity index (χ2n) is 11.1. The van der Waals surface area contributed by atoms with Crippen LogP contribution in [0.1, 0.15) is 49.8 Å². The second kappa shape index (κ2) is 11.9. The molecule has 0 amide bonds. The van der Waals surface area contributed by atoms with E-state index in [1.807, 2.05) is 26.8 Å². The molecule has 16 nitrogen and oxygen atoms in total. The third kappa shape index (κ3) is 6.56. The summed E-state index contributed by atoms with van der Waals surface area (Å²) in [6.07, 6.45) is 2.39. The maximum Gasteiger partial charge on any atom is 0.294 e. The average Bonchev–Trinajstić information content (AvgIpc) is 3.66. The minimum Gasteiger partial charge on any atom is -0.494 e. The molecule has 0 aliphatic carbocycles. The zero-order valence-electron chi connectivity index (χ0n) is 24.7. The Morgan fingerprint density at radius 2 is 1.91 bits per heavy atom. The Kier molecular flexibility index (Phi) is 8.19. The number of aromatic amines is 1. The highest BCUT2D eigenvalue weighted by Crippen LogP contribution is 2.36. The van der Waals surface area contributed by atoms with Crippen molar-refractivity contribution in [1.29, 1.82) is 5.26 Å². The van der Waals surface area contributed by atoms with Gasteiger partial charge in [0.25, 0.3) is 15.8 Å². The number of H-pyrrole nitrogens is 1. The van der Waals surface area contributed by atoms with Gasteiger partial charge in [0.15, 0.2) is 17.3 Å². The summed E-state index contributed by atoms with van der Waals surface area (Å²) in [4.78, 5) is 14.7. The van der Waals surface area contributed by atoms with E-state index in [0.29, 0.717) is 59.3 Å². The van der Waals surface area contributed by atoms with Crippen LogP contribution in [0.3, 0.4) is 0 Å². The van der Waals surface area contributed by atoms with Crippen molar-refractivity contribution in [2.75, 3.05) is 6.61 Å². The maximum absolute atomic E-state index is 11.6. The molecule has 3 heterocycles. The fraction of sp³-hybridized carbons (Fsp3) is 0.286. The predicted molar refractivity (Wildman–Crippen MR) is 160 cm³/mol. The van der Waals surface area contributed by atoms with Gasteiger partial charge in [0.1, 0.15) is 17.4 Å². The first-order valence-corrected chi connectivity index (χ1v) is 15.0. The topological polar surface area (TPSA) is 219 Å². The quantitative estimate of drug-likeness (QED) is 0.0664. The van der Waals surface area contributed by atoms with Crippen LogP contribution in [0.5, 0.6) is 5.75 Å². The summed E-state index contributed by atoms with van der Waals surface area (Å²) in [6.45, 7) is 7.94. The van der Waals surface area contributed by atoms with E-state index < -0.39 is 20.5 Å². The number of hydrogen-bond acceptors (Lipinski definition) is 11. The summed E-state index contributed by atoms with van der Waals surface area (Å²) < 4.78 is 41.1. The molecule has 0 unspecified atom stereocenters. The Hall–Kier alpha value is -5.47. The van der Waals surface area contributed by atoms with Crippen LogP contribution >= 0.6 is 0 Å². The van der Waals surface area contributed by atoms with Gasteiger partial charge in [-0.2, -0.15) is 23.4 Å². The van der Waals surface area contributed by atoms with E-state index in [-0.39, 0.29) is 22.0 Å². The van der Waals surface area contributed by atoms with Gasteiger partial charge < -0.3 is 4.74 Å². The lowest BCUT2D eigenvalue weighted by Gasteiger charge is -2.16. The molecule has 0 bridgehead atoms. The van der Waals surface area contributed by atoms with Gasteiger partial charge in [-0.25, -0.2) is 9.67 Å². The van der Waals surface area contributed by atoms with Crippen LogP contribution in [0, 0.1) is 28.4 Å². The van der Waals surface area contributed by atoms with Gasteiger partial charge in [-0.05, 0) is 49.2 Å². The van der Waals surface area contributed by atoms with Crippen molar-refractivity contribution in [3.05, 3.63) is 81.4 Å². The first kappa shape index (κ1) is 31.0. The first-order valence-electron chi connectivity index (χ1n) is 13.6. The number of azo groups is 1. The van der Waals surface area contributed by atoms with Crippen LogP contribution in [-0.2, 0) is 22.0 Å². The van der Waals surface area contributed by atoms with E-state index in [4.69, 9.17) is 4.74 Å². The number of aromatic nitrogens is 6. The van der Waals surface area contributed by atoms with E-state index >= 15 is 0 Å². The normalized spacial score (nSPS) is 12.2. The van der Waals surface area contributed by atoms with Gasteiger partial charge in [0, 0.05) is 24.0 Å². The molecule has 0 aliphatic rings. The fourth-order valence-electron chi connectivity index (χ4n) is 4.48. The van der Waals surface area contributed by atoms with Crippen LogP contribution in [-0.4, -0.2) is 54.1 Å². The minimum atomic E-state index is -4.41. The molecule has 0 radical (unpaired) electrons. The molecule has 5 rings (SSSR count). The number of fused-ring (bicyclic) bond motifs is 1. The second-order valence-corrected chi connectivity index (χ2v) is 12.5. The van der Waals surface area contributed by atoms with E-state index in [0.717, 1.165) is 0 Å². The largest absolute Gasteiger partial charge is 0.494 e. The molecule has 0 spiro atoms. The number of nitrogens with zero attached hydrogens (tertiary/aromatic N) is 9. The van der Waals surface area contributed by atoms with Crippen molar-refractivity contribution >= 4 is 33.0 Å². The molecule has 3 aromatic heterocycles. The van der Waals surface area contributed by atoms with Gasteiger partial charge in [-0.3, -0.25) is 19.8 Å².